The average molecular weight is 188 g/mol. The molecule has 0 heterocycles. The first-order valence-electron chi connectivity index (χ1n) is 3.21. The molecule has 0 fully saturated rings. The summed E-state index contributed by atoms with van der Waals surface area (Å²) >= 11 is 0. The monoisotopic (exact) mass is 188 g/mol. The van der Waals surface area contributed by atoms with Crippen LogP contribution in [0, 0.1) is 11.6 Å². The van der Waals surface area contributed by atoms with Gasteiger partial charge in [0.1, 0.15) is 0 Å². The van der Waals surface area contributed by atoms with Crippen LogP contribution in [0.25, 0.3) is 0 Å². The molecule has 0 saturated carbocycles. The van der Waals surface area contributed by atoms with Crippen molar-refractivity contribution < 1.29 is 19.0 Å². The molecule has 0 aromatic heterocycles. The van der Waals surface area contributed by atoms with Crippen LogP contribution in [0.2, 0.25) is 0 Å². The Morgan fingerprint density at radius 3 is 2.46 bits per heavy atom. The molecule has 1 rings (SSSR count). The third-order valence-corrected chi connectivity index (χ3v) is 1.41. The van der Waals surface area contributed by atoms with Gasteiger partial charge in [0.15, 0.2) is 17.3 Å². The lowest BCUT2D eigenvalue weighted by Crippen LogP contribution is -1.93. The second kappa shape index (κ2) is 3.26. The third kappa shape index (κ3) is 1.51. The van der Waals surface area contributed by atoms with Crippen molar-refractivity contribution in [2.24, 2.45) is 10.9 Å². The van der Waals surface area contributed by atoms with Crippen molar-refractivity contribution in [1.29, 1.82) is 0 Å². The molecular formula is C7H6F2N2O2. The first-order valence-corrected chi connectivity index (χ1v) is 3.21. The van der Waals surface area contributed by atoms with Crippen molar-refractivity contribution in [2.75, 3.05) is 0 Å². The number of phenolic OH excluding ortho intramolecular Hbond substituents is 2. The number of hydrogen-bond acceptors (Lipinski definition) is 4. The SMILES string of the molecule is NN=Cc1cc(F)c(O)c(F)c1O. The summed E-state index contributed by atoms with van der Waals surface area (Å²) in [6.45, 7) is 0. The van der Waals surface area contributed by atoms with Gasteiger partial charge in [0, 0.05) is 5.56 Å². The third-order valence-electron chi connectivity index (χ3n) is 1.41. The number of hydrogen-bond donors (Lipinski definition) is 3. The van der Waals surface area contributed by atoms with E-state index in [1.54, 1.807) is 0 Å². The molecule has 70 valence electrons. The number of halogens is 2. The number of benzene rings is 1. The second-order valence-electron chi connectivity index (χ2n) is 2.24. The van der Waals surface area contributed by atoms with Crippen molar-refractivity contribution >= 4 is 6.21 Å². The Hall–Kier alpha value is -1.85. The zero-order chi connectivity index (χ0) is 10.0. The molecule has 0 saturated heterocycles. The fourth-order valence-corrected chi connectivity index (χ4v) is 0.796. The van der Waals surface area contributed by atoms with E-state index in [0.29, 0.717) is 6.07 Å². The molecule has 0 aliphatic rings. The van der Waals surface area contributed by atoms with Crippen molar-refractivity contribution in [1.82, 2.24) is 0 Å². The number of nitrogens with two attached hydrogens (primary N) is 1. The molecule has 0 atom stereocenters. The van der Waals surface area contributed by atoms with Gasteiger partial charge in [-0.2, -0.15) is 9.49 Å². The predicted octanol–water partition coefficient (Wildman–Crippen LogP) is 0.669. The van der Waals surface area contributed by atoms with Gasteiger partial charge in [-0.05, 0) is 6.07 Å². The number of hydrazone groups is 1. The quantitative estimate of drug-likeness (QED) is 0.344. The average Bonchev–Trinajstić information content (AvgIpc) is 2.11. The highest BCUT2D eigenvalue weighted by molar-refractivity contribution is 5.83. The first-order chi connectivity index (χ1) is 6.07. The molecule has 0 radical (unpaired) electrons. The van der Waals surface area contributed by atoms with E-state index in [0.717, 1.165) is 6.21 Å². The van der Waals surface area contributed by atoms with Crippen molar-refractivity contribution in [2.45, 2.75) is 0 Å². The smallest absolute Gasteiger partial charge is 0.210 e. The Morgan fingerprint density at radius 1 is 1.31 bits per heavy atom. The summed E-state index contributed by atoms with van der Waals surface area (Å²) < 4.78 is 25.4. The maximum absolute atomic E-state index is 12.7. The van der Waals surface area contributed by atoms with Crippen LogP contribution < -0.4 is 5.84 Å². The lowest BCUT2D eigenvalue weighted by atomic mass is 10.2. The largest absolute Gasteiger partial charge is 0.504 e. The number of aromatic hydroxyl groups is 2. The van der Waals surface area contributed by atoms with Crippen molar-refractivity contribution in [3.05, 3.63) is 23.3 Å². The van der Waals surface area contributed by atoms with E-state index < -0.39 is 23.1 Å². The molecule has 0 aliphatic heterocycles. The molecule has 0 spiro atoms. The molecule has 0 bridgehead atoms. The molecule has 4 N–H and O–H groups in total. The summed E-state index contributed by atoms with van der Waals surface area (Å²) in [6, 6.07) is 0.712. The summed E-state index contributed by atoms with van der Waals surface area (Å²) in [6.07, 6.45) is 0.862. The van der Waals surface area contributed by atoms with Gasteiger partial charge in [-0.1, -0.05) is 0 Å². The highest BCUT2D eigenvalue weighted by atomic mass is 19.1. The number of nitrogens with zero attached hydrogens (tertiary/aromatic N) is 1. The normalized spacial score (nSPS) is 10.9. The minimum Gasteiger partial charge on any atom is -0.504 e. The predicted molar refractivity (Wildman–Crippen MR) is 41.5 cm³/mol. The Morgan fingerprint density at radius 2 is 1.92 bits per heavy atom. The molecule has 6 heteroatoms. The van der Waals surface area contributed by atoms with Crippen LogP contribution in [-0.2, 0) is 0 Å². The summed E-state index contributed by atoms with van der Waals surface area (Å²) in [5.74, 6) is -0.0316. The van der Waals surface area contributed by atoms with Crippen LogP contribution in [0.3, 0.4) is 0 Å². The zero-order valence-electron chi connectivity index (χ0n) is 6.33. The van der Waals surface area contributed by atoms with E-state index in [4.69, 9.17) is 16.1 Å². The lowest BCUT2D eigenvalue weighted by Gasteiger charge is -2.02. The molecule has 0 unspecified atom stereocenters. The lowest BCUT2D eigenvalue weighted by molar-refractivity contribution is 0.366. The van der Waals surface area contributed by atoms with E-state index in [9.17, 15) is 8.78 Å². The standard InChI is InChI=1S/C7H6F2N2O2/c8-4-1-3(2-11-10)6(12)5(9)7(4)13/h1-2,12-13H,10H2. The molecule has 4 nitrogen and oxygen atoms in total. The first kappa shape index (κ1) is 9.24. The van der Waals surface area contributed by atoms with Crippen LogP contribution in [0.15, 0.2) is 11.2 Å². The summed E-state index contributed by atoms with van der Waals surface area (Å²) in [7, 11) is 0. The van der Waals surface area contributed by atoms with Gasteiger partial charge in [-0.3, -0.25) is 0 Å². The molecule has 1 aromatic carbocycles. The molecular weight excluding hydrogens is 182 g/mol. The Labute approximate surface area is 71.9 Å². The Bertz CT molecular complexity index is 366. The van der Waals surface area contributed by atoms with Gasteiger partial charge in [0.25, 0.3) is 0 Å². The van der Waals surface area contributed by atoms with Crippen molar-refractivity contribution in [3.8, 4) is 11.5 Å². The van der Waals surface area contributed by atoms with Crippen LogP contribution >= 0.6 is 0 Å². The van der Waals surface area contributed by atoms with Gasteiger partial charge in [-0.15, -0.1) is 0 Å². The van der Waals surface area contributed by atoms with E-state index in [1.807, 2.05) is 0 Å². The van der Waals surface area contributed by atoms with E-state index in [2.05, 4.69) is 5.10 Å². The Kier molecular flexibility index (Phi) is 2.32. The maximum atomic E-state index is 12.7. The summed E-state index contributed by atoms with van der Waals surface area (Å²) in [4.78, 5) is 0. The minimum absolute atomic E-state index is 0.240. The topological polar surface area (TPSA) is 78.8 Å². The number of phenols is 2. The Balaban J connectivity index is 3.40. The van der Waals surface area contributed by atoms with Gasteiger partial charge in [0.05, 0.1) is 6.21 Å². The number of rotatable bonds is 1. The van der Waals surface area contributed by atoms with Crippen LogP contribution in [0.4, 0.5) is 8.78 Å². The zero-order valence-corrected chi connectivity index (χ0v) is 6.33. The van der Waals surface area contributed by atoms with E-state index >= 15 is 0 Å². The highest BCUT2D eigenvalue weighted by Crippen LogP contribution is 2.30. The minimum atomic E-state index is -1.44. The van der Waals surface area contributed by atoms with Crippen LogP contribution in [-0.4, -0.2) is 16.4 Å². The highest BCUT2D eigenvalue weighted by Gasteiger charge is 2.15. The van der Waals surface area contributed by atoms with E-state index in [1.165, 1.54) is 0 Å². The second-order valence-corrected chi connectivity index (χ2v) is 2.24. The van der Waals surface area contributed by atoms with Gasteiger partial charge < -0.3 is 16.1 Å². The molecule has 1 aromatic rings. The van der Waals surface area contributed by atoms with Crippen LogP contribution in [0.1, 0.15) is 5.56 Å². The molecule has 13 heavy (non-hydrogen) atoms. The summed E-state index contributed by atoms with van der Waals surface area (Å²) in [5.41, 5.74) is -0.240. The maximum Gasteiger partial charge on any atom is 0.210 e. The summed E-state index contributed by atoms with van der Waals surface area (Å²) in [5, 5.41) is 20.7. The van der Waals surface area contributed by atoms with Crippen molar-refractivity contribution in [3.63, 3.8) is 0 Å². The molecule has 0 aliphatic carbocycles. The van der Waals surface area contributed by atoms with E-state index in [-0.39, 0.29) is 5.56 Å². The van der Waals surface area contributed by atoms with Gasteiger partial charge >= 0.3 is 0 Å². The fraction of sp³-hybridized carbons (Fsp3) is 0. The van der Waals surface area contributed by atoms with Gasteiger partial charge in [-0.25, -0.2) is 4.39 Å². The molecule has 0 amide bonds. The van der Waals surface area contributed by atoms with Crippen LogP contribution in [0.5, 0.6) is 11.5 Å². The van der Waals surface area contributed by atoms with Gasteiger partial charge in [0.2, 0.25) is 5.82 Å². The fourth-order valence-electron chi connectivity index (χ4n) is 0.796.